The molecular formula is C44H92N7O18P3S3. The van der Waals surface area contributed by atoms with E-state index < -0.39 is 37.6 Å². The molecule has 1 aliphatic heterocycles. The van der Waals surface area contributed by atoms with E-state index in [9.17, 15) is 29.1 Å². The molecule has 444 valence electrons. The van der Waals surface area contributed by atoms with Crippen LogP contribution in [-0.4, -0.2) is 175 Å². The molecule has 0 aromatic carbocycles. The lowest BCUT2D eigenvalue weighted by molar-refractivity contribution is -0.116. The van der Waals surface area contributed by atoms with Gasteiger partial charge in [-0.05, 0) is 112 Å². The molecule has 2 heterocycles. The van der Waals surface area contributed by atoms with Gasteiger partial charge in [0.05, 0.1) is 77.7 Å². The van der Waals surface area contributed by atoms with E-state index in [4.69, 9.17) is 65.3 Å². The Balaban J connectivity index is 0. The predicted octanol–water partition coefficient (Wildman–Crippen LogP) is 2.62. The number of H-pyrrole nitrogens is 1. The fraction of sp³-hybridized carbons (Fsp3) is 0.841. The normalized spacial score (nSPS) is 18.1. The maximum atomic E-state index is 12.2. The number of nitrogens with zero attached hydrogens (tertiary/aromatic N) is 1. The van der Waals surface area contributed by atoms with Crippen LogP contribution >= 0.6 is 20.2 Å². The molecule has 0 radical (unpaired) electrons. The van der Waals surface area contributed by atoms with Gasteiger partial charge in [0.2, 0.25) is 5.91 Å². The van der Waals surface area contributed by atoms with E-state index in [-0.39, 0.29) is 49.2 Å². The van der Waals surface area contributed by atoms with Gasteiger partial charge >= 0.3 is 25.8 Å². The highest BCUT2D eigenvalue weighted by Crippen LogP contribution is 2.44. The molecule has 0 bridgehead atoms. The van der Waals surface area contributed by atoms with Crippen LogP contribution in [0.4, 0.5) is 0 Å². The first kappa shape index (κ1) is 76.1. The Hall–Kier alpha value is -0.920. The number of unbranched alkanes of at least 4 members (excludes halogenated alkanes) is 7. The van der Waals surface area contributed by atoms with Gasteiger partial charge in [0, 0.05) is 66.3 Å². The van der Waals surface area contributed by atoms with Crippen LogP contribution in [0.2, 0.25) is 0 Å². The number of nitrogens with two attached hydrogens (primary N) is 4. The maximum absolute atomic E-state index is 12.2. The first-order chi connectivity index (χ1) is 35.8. The van der Waals surface area contributed by atoms with Gasteiger partial charge in [-0.25, -0.2) is 4.79 Å². The number of hydrogen-bond donors (Lipinski definition) is 10. The highest BCUT2D eigenvalue weighted by atomic mass is 32.5. The first-order valence-electron chi connectivity index (χ1n) is 24.9. The van der Waals surface area contributed by atoms with E-state index in [0.29, 0.717) is 85.5 Å². The third kappa shape index (κ3) is 43.5. The van der Waals surface area contributed by atoms with Crippen molar-refractivity contribution in [1.82, 2.24) is 14.9 Å². The average molecular weight is 1200 g/mol. The monoisotopic (exact) mass is 1200 g/mol. The molecule has 1 saturated heterocycles. The molecule has 14 N–H and O–H groups in total. The van der Waals surface area contributed by atoms with Crippen molar-refractivity contribution in [2.24, 2.45) is 34.8 Å². The molecule has 1 aliphatic rings. The van der Waals surface area contributed by atoms with Crippen LogP contribution in [0, 0.1) is 11.8 Å². The number of aliphatic hydroxyl groups is 1. The Morgan fingerprint density at radius 3 is 1.79 bits per heavy atom. The number of carbonyl (C=O) groups is 1. The van der Waals surface area contributed by atoms with Gasteiger partial charge in [-0.2, -0.15) is 0 Å². The number of ether oxygens (including phenoxy) is 5. The summed E-state index contributed by atoms with van der Waals surface area (Å²) in [6.45, 7) is 0.303. The largest absolute Gasteiger partial charge is 0.396 e. The standard InChI is InChI=1S/C20H32N4O5.C9H22NO6PS.C8H20NO4PS.C7H18NO3PS/c1-14-11-18(29-16(14)13-28-2)24-12-15(19(26)23-20(24)27)7-8-17(25)22-10-6-4-3-5-9-21;1-12-17(11,18)16-9-8-15-7-6-14-5-4-13-3-2-10;1-12-14(11,15)13-7-8(6-10)4-2-3-5-9;1-10-12(9,13)11-7-5-3-2-4-6-8/h7-8,12,14,16,18H,3-6,9-11,13,21H2,1-2H3,(H,22,25)(H,23,26,27);2-10H2,1H3,(H,11,18);8,10H,2-7,9H2,1H3,(H,11,15);2-8H2,1H3,(H,9,13)/b8-7+;;;/t14-,16-,18-;;;/m1.../s1. The highest BCUT2D eigenvalue weighted by molar-refractivity contribution is 8.07. The summed E-state index contributed by atoms with van der Waals surface area (Å²) in [5.74, 6) is -0.0820. The number of carbonyl (C=O) groups excluding carboxylic acids is 1. The Morgan fingerprint density at radius 2 is 1.25 bits per heavy atom. The van der Waals surface area contributed by atoms with E-state index in [2.05, 4.69) is 59.3 Å². The molecule has 31 heteroatoms. The summed E-state index contributed by atoms with van der Waals surface area (Å²) < 4.78 is 56.7. The molecule has 1 amide bonds. The van der Waals surface area contributed by atoms with Gasteiger partial charge in [0.1, 0.15) is 6.23 Å². The van der Waals surface area contributed by atoms with Crippen LogP contribution in [0.3, 0.4) is 0 Å². The zero-order valence-electron chi connectivity index (χ0n) is 44.7. The van der Waals surface area contributed by atoms with Crippen molar-refractivity contribution < 1.29 is 75.4 Å². The van der Waals surface area contributed by atoms with Crippen LogP contribution in [0.5, 0.6) is 0 Å². The lowest BCUT2D eigenvalue weighted by Crippen LogP contribution is -2.33. The summed E-state index contributed by atoms with van der Waals surface area (Å²) in [6, 6.07) is 0. The molecule has 0 aliphatic carbocycles. The number of methoxy groups -OCH3 is 1. The summed E-state index contributed by atoms with van der Waals surface area (Å²) in [5.41, 5.74) is 20.5. The highest BCUT2D eigenvalue weighted by Gasteiger charge is 2.34. The minimum absolute atomic E-state index is 0.0128. The quantitative estimate of drug-likeness (QED) is 0.0256. The summed E-state index contributed by atoms with van der Waals surface area (Å²) >= 11 is 13.9. The van der Waals surface area contributed by atoms with E-state index in [0.717, 1.165) is 77.2 Å². The average Bonchev–Trinajstić information content (AvgIpc) is 3.75. The lowest BCUT2D eigenvalue weighted by atomic mass is 10.0. The molecule has 4 unspecified atom stereocenters. The van der Waals surface area contributed by atoms with Crippen LogP contribution < -0.4 is 39.5 Å². The molecule has 25 nitrogen and oxygen atoms in total. The van der Waals surface area contributed by atoms with Crippen molar-refractivity contribution in [3.63, 3.8) is 0 Å². The topological polar surface area (TPSA) is 370 Å². The molecule has 0 spiro atoms. The van der Waals surface area contributed by atoms with Crippen LogP contribution in [-0.2, 0) is 91.0 Å². The van der Waals surface area contributed by atoms with Crippen molar-refractivity contribution in [2.75, 3.05) is 134 Å². The number of hydrogen-bond acceptors (Lipinski definition) is 22. The first-order valence-corrected chi connectivity index (χ1v) is 32.7. The van der Waals surface area contributed by atoms with Gasteiger partial charge < -0.3 is 98.9 Å². The second kappa shape index (κ2) is 48.9. The minimum Gasteiger partial charge on any atom is -0.396 e. The fourth-order valence-electron chi connectivity index (χ4n) is 6.08. The van der Waals surface area contributed by atoms with Crippen LogP contribution in [0.1, 0.15) is 95.8 Å². The van der Waals surface area contributed by atoms with Gasteiger partial charge in [0.15, 0.2) is 0 Å². The SMILES string of the molecule is COC[C@H]1O[C@@H](n2cc(/C=C/C(=O)NCCCCCCN)c(=O)[nH]c2=O)C[C@H]1C.COP(O)(=S)OCC(CO)CCCCN.COP(O)(=S)OCCCCCCN.COP(O)(=S)OCCOCCOCCOCCN. The molecule has 1 aromatic heterocycles. The molecule has 2 rings (SSSR count). The number of rotatable bonds is 41. The maximum Gasteiger partial charge on any atom is 0.330 e. The fourth-order valence-corrected chi connectivity index (χ4v) is 8.09. The molecule has 0 saturated carbocycles. The predicted molar refractivity (Wildman–Crippen MR) is 301 cm³/mol. The summed E-state index contributed by atoms with van der Waals surface area (Å²) in [5, 5.41) is 11.8. The van der Waals surface area contributed by atoms with E-state index in [1.165, 1.54) is 44.2 Å². The van der Waals surface area contributed by atoms with Crippen molar-refractivity contribution in [2.45, 2.75) is 96.3 Å². The molecular weight excluding hydrogens is 1100 g/mol. The second-order valence-electron chi connectivity index (χ2n) is 16.5. The third-order valence-electron chi connectivity index (χ3n) is 10.4. The number of aromatic amines is 1. The molecule has 7 atom stereocenters. The number of nitrogens with one attached hydrogen (secondary N) is 2. The third-order valence-corrected chi connectivity index (χ3v) is 15.5. The van der Waals surface area contributed by atoms with Crippen LogP contribution in [0.25, 0.3) is 6.08 Å². The Bertz CT molecular complexity index is 1870. The van der Waals surface area contributed by atoms with E-state index in [1.54, 1.807) is 7.11 Å². The van der Waals surface area contributed by atoms with Crippen molar-refractivity contribution in [1.29, 1.82) is 0 Å². The number of aliphatic hydroxyl groups excluding tert-OH is 1. The van der Waals surface area contributed by atoms with Gasteiger partial charge in [0.25, 0.3) is 5.56 Å². The Morgan fingerprint density at radius 1 is 0.747 bits per heavy atom. The Labute approximate surface area is 459 Å². The summed E-state index contributed by atoms with van der Waals surface area (Å²) in [4.78, 5) is 66.3. The van der Waals surface area contributed by atoms with Gasteiger partial charge in [-0.1, -0.05) is 39.0 Å². The lowest BCUT2D eigenvalue weighted by Gasteiger charge is -2.18. The second-order valence-corrected chi connectivity index (χ2v) is 25.3. The smallest absolute Gasteiger partial charge is 0.330 e. The van der Waals surface area contributed by atoms with Crippen LogP contribution in [0.15, 0.2) is 21.9 Å². The number of amides is 1. The van der Waals surface area contributed by atoms with Crippen molar-refractivity contribution >= 4 is 67.6 Å². The molecule has 1 aromatic rings. The molecule has 1 fully saturated rings. The minimum atomic E-state index is -3.08. The van der Waals surface area contributed by atoms with Crippen molar-refractivity contribution in [3.05, 3.63) is 38.7 Å². The summed E-state index contributed by atoms with van der Waals surface area (Å²) in [7, 11) is 5.57. The van der Waals surface area contributed by atoms with Crippen molar-refractivity contribution in [3.8, 4) is 0 Å². The zero-order chi connectivity index (χ0) is 56.8. The molecule has 75 heavy (non-hydrogen) atoms. The summed E-state index contributed by atoms with van der Waals surface area (Å²) in [6.07, 6.45) is 14.9. The zero-order valence-corrected chi connectivity index (χ0v) is 49.8. The van der Waals surface area contributed by atoms with E-state index in [1.807, 2.05) is 6.92 Å². The van der Waals surface area contributed by atoms with Gasteiger partial charge in [-0.3, -0.25) is 19.1 Å². The van der Waals surface area contributed by atoms with Gasteiger partial charge in [-0.15, -0.1) is 0 Å². The van der Waals surface area contributed by atoms with E-state index >= 15 is 0 Å². The number of aromatic nitrogens is 2. The Kier molecular flexibility index (Phi) is 49.7.